The number of nitrogens with zero attached hydrogens (tertiary/aromatic N) is 2. The summed E-state index contributed by atoms with van der Waals surface area (Å²) in [5, 5.41) is 5.95. The van der Waals surface area contributed by atoms with Gasteiger partial charge >= 0.3 is 6.03 Å². The number of hydrogen-bond donors (Lipinski definition) is 2. The van der Waals surface area contributed by atoms with Crippen molar-refractivity contribution in [3.63, 3.8) is 0 Å². The van der Waals surface area contributed by atoms with Crippen LogP contribution in [-0.4, -0.2) is 66.5 Å². The van der Waals surface area contributed by atoms with E-state index in [-0.39, 0.29) is 23.5 Å². The molecule has 1 saturated carbocycles. The van der Waals surface area contributed by atoms with Gasteiger partial charge < -0.3 is 15.5 Å². The van der Waals surface area contributed by atoms with Gasteiger partial charge in [-0.3, -0.25) is 9.69 Å². The molecule has 0 aromatic rings. The summed E-state index contributed by atoms with van der Waals surface area (Å²) in [6, 6.07) is -0.544. The largest absolute Gasteiger partial charge is 0.344 e. The average Bonchev–Trinajstić information content (AvgIpc) is 2.94. The number of likely N-dealkylation sites (N-methyl/N-ethyl adjacent to an activating group) is 1. The Morgan fingerprint density at radius 2 is 1.75 bits per heavy atom. The highest BCUT2D eigenvalue weighted by atomic mass is 16.2. The Morgan fingerprint density at radius 3 is 2.38 bits per heavy atom. The number of nitrogens with one attached hydrogen (secondary N) is 2. The van der Waals surface area contributed by atoms with Gasteiger partial charge in [0.1, 0.15) is 6.04 Å². The lowest BCUT2D eigenvalue weighted by Gasteiger charge is -2.48. The minimum absolute atomic E-state index is 0.0218. The normalized spacial score (nSPS) is 28.0. The van der Waals surface area contributed by atoms with E-state index in [0.29, 0.717) is 13.0 Å². The number of carbonyl (C=O) groups is 2. The van der Waals surface area contributed by atoms with Gasteiger partial charge in [0.05, 0.1) is 0 Å². The molecule has 0 radical (unpaired) electrons. The minimum Gasteiger partial charge on any atom is -0.344 e. The van der Waals surface area contributed by atoms with Crippen LogP contribution in [0.25, 0.3) is 0 Å². The molecule has 3 aliphatic rings. The average molecular weight is 336 g/mol. The van der Waals surface area contributed by atoms with Gasteiger partial charge in [0, 0.05) is 25.7 Å². The van der Waals surface area contributed by atoms with Crippen LogP contribution in [-0.2, 0) is 4.79 Å². The quantitative estimate of drug-likeness (QED) is 0.821. The predicted octanol–water partition coefficient (Wildman–Crippen LogP) is 1.71. The van der Waals surface area contributed by atoms with Crippen molar-refractivity contribution in [2.45, 2.75) is 69.4 Å². The molecule has 6 nitrogen and oxygen atoms in total. The molecule has 24 heavy (non-hydrogen) atoms. The van der Waals surface area contributed by atoms with Crippen LogP contribution in [0, 0.1) is 0 Å². The van der Waals surface area contributed by atoms with Crippen LogP contribution in [0.4, 0.5) is 4.79 Å². The highest BCUT2D eigenvalue weighted by Gasteiger charge is 2.39. The van der Waals surface area contributed by atoms with Crippen molar-refractivity contribution in [2.75, 3.05) is 33.2 Å². The number of rotatable bonds is 4. The lowest BCUT2D eigenvalue weighted by molar-refractivity contribution is -0.128. The first kappa shape index (κ1) is 17.5. The Bertz CT molecular complexity index is 456. The van der Waals surface area contributed by atoms with Crippen LogP contribution < -0.4 is 10.6 Å². The van der Waals surface area contributed by atoms with Crippen molar-refractivity contribution in [1.29, 1.82) is 0 Å². The lowest BCUT2D eigenvalue weighted by atomic mass is 9.79. The van der Waals surface area contributed by atoms with Gasteiger partial charge in [-0.25, -0.2) is 4.79 Å². The summed E-state index contributed by atoms with van der Waals surface area (Å²) in [5.41, 5.74) is 0.131. The Balaban J connectivity index is 1.55. The molecular formula is C18H32N4O2. The molecule has 0 spiro atoms. The van der Waals surface area contributed by atoms with Crippen LogP contribution in [0.3, 0.4) is 0 Å². The van der Waals surface area contributed by atoms with Gasteiger partial charge in [0.25, 0.3) is 0 Å². The van der Waals surface area contributed by atoms with E-state index in [1.54, 1.807) is 11.9 Å². The number of carbonyl (C=O) groups excluding carboxylic acids is 2. The summed E-state index contributed by atoms with van der Waals surface area (Å²) in [6.45, 7) is 3.75. The maximum atomic E-state index is 12.3. The Labute approximate surface area is 145 Å². The van der Waals surface area contributed by atoms with Crippen LogP contribution in [0.2, 0.25) is 0 Å². The second-order valence-corrected chi connectivity index (χ2v) is 7.76. The van der Waals surface area contributed by atoms with Crippen LogP contribution >= 0.6 is 0 Å². The van der Waals surface area contributed by atoms with Gasteiger partial charge in [-0.05, 0) is 45.2 Å². The molecule has 2 aliphatic heterocycles. The molecule has 3 rings (SSSR count). The van der Waals surface area contributed by atoms with Gasteiger partial charge in [0.2, 0.25) is 5.91 Å². The van der Waals surface area contributed by atoms with Crippen molar-refractivity contribution < 1.29 is 9.59 Å². The third-order valence-electron chi connectivity index (χ3n) is 6.12. The highest BCUT2D eigenvalue weighted by molar-refractivity contribution is 5.88. The molecule has 2 heterocycles. The number of urea groups is 1. The molecule has 1 atom stereocenters. The SMILES string of the molecule is CN1CCC(NC(=O)NCC2(N3CCCCC3)CCCCC2)C1=O. The number of likely N-dealkylation sites (tertiary alicyclic amines) is 2. The predicted molar refractivity (Wildman–Crippen MR) is 93.8 cm³/mol. The van der Waals surface area contributed by atoms with Crippen LogP contribution in [0.5, 0.6) is 0 Å². The molecule has 3 amide bonds. The third kappa shape index (κ3) is 3.85. The smallest absolute Gasteiger partial charge is 0.315 e. The molecule has 2 N–H and O–H groups in total. The van der Waals surface area contributed by atoms with Gasteiger partial charge in [0.15, 0.2) is 0 Å². The zero-order chi connectivity index (χ0) is 17.0. The number of hydrogen-bond acceptors (Lipinski definition) is 3. The zero-order valence-corrected chi connectivity index (χ0v) is 15.0. The standard InChI is InChI=1S/C18H32N4O2/c1-21-13-8-15(16(21)23)20-17(24)19-14-18(9-4-2-5-10-18)22-11-6-3-7-12-22/h15H,2-14H2,1H3,(H2,19,20,24). The molecular weight excluding hydrogens is 304 g/mol. The molecule has 1 aliphatic carbocycles. The summed E-state index contributed by atoms with van der Waals surface area (Å²) in [5.74, 6) is 0.0218. The molecule has 3 fully saturated rings. The molecule has 6 heteroatoms. The minimum atomic E-state index is -0.354. The van der Waals surface area contributed by atoms with Crippen LogP contribution in [0.1, 0.15) is 57.8 Å². The highest BCUT2D eigenvalue weighted by Crippen LogP contribution is 2.35. The molecule has 1 unspecified atom stereocenters. The summed E-state index contributed by atoms with van der Waals surface area (Å²) in [7, 11) is 1.79. The second-order valence-electron chi connectivity index (χ2n) is 7.76. The summed E-state index contributed by atoms with van der Waals surface area (Å²) in [6.07, 6.45) is 10.8. The maximum Gasteiger partial charge on any atom is 0.315 e. The van der Waals surface area contributed by atoms with Gasteiger partial charge in [-0.1, -0.05) is 25.7 Å². The molecule has 0 bridgehead atoms. The number of amides is 3. The molecule has 2 saturated heterocycles. The molecule has 0 aromatic carbocycles. The van der Waals surface area contributed by atoms with E-state index in [9.17, 15) is 9.59 Å². The fraction of sp³-hybridized carbons (Fsp3) is 0.889. The van der Waals surface area contributed by atoms with E-state index in [4.69, 9.17) is 0 Å². The van der Waals surface area contributed by atoms with Crippen molar-refractivity contribution in [3.8, 4) is 0 Å². The van der Waals surface area contributed by atoms with Crippen molar-refractivity contribution in [1.82, 2.24) is 20.4 Å². The maximum absolute atomic E-state index is 12.3. The van der Waals surface area contributed by atoms with E-state index in [0.717, 1.165) is 19.6 Å². The van der Waals surface area contributed by atoms with E-state index in [1.165, 1.54) is 51.4 Å². The van der Waals surface area contributed by atoms with E-state index in [2.05, 4.69) is 15.5 Å². The van der Waals surface area contributed by atoms with Crippen molar-refractivity contribution in [2.24, 2.45) is 0 Å². The first-order valence-electron chi connectivity index (χ1n) is 9.65. The second kappa shape index (κ2) is 7.72. The molecule has 136 valence electrons. The van der Waals surface area contributed by atoms with Crippen LogP contribution in [0.15, 0.2) is 0 Å². The van der Waals surface area contributed by atoms with Gasteiger partial charge in [-0.15, -0.1) is 0 Å². The van der Waals surface area contributed by atoms with E-state index < -0.39 is 0 Å². The lowest BCUT2D eigenvalue weighted by Crippen LogP contribution is -2.59. The Morgan fingerprint density at radius 1 is 1.08 bits per heavy atom. The summed E-state index contributed by atoms with van der Waals surface area (Å²) < 4.78 is 0. The monoisotopic (exact) mass is 336 g/mol. The van der Waals surface area contributed by atoms with Gasteiger partial charge in [-0.2, -0.15) is 0 Å². The topological polar surface area (TPSA) is 64.7 Å². The van der Waals surface area contributed by atoms with Crippen molar-refractivity contribution in [3.05, 3.63) is 0 Å². The summed E-state index contributed by atoms with van der Waals surface area (Å²) in [4.78, 5) is 28.6. The van der Waals surface area contributed by atoms with E-state index >= 15 is 0 Å². The zero-order valence-electron chi connectivity index (χ0n) is 15.0. The first-order valence-corrected chi connectivity index (χ1v) is 9.65. The Kier molecular flexibility index (Phi) is 5.64. The van der Waals surface area contributed by atoms with E-state index in [1.807, 2.05) is 0 Å². The fourth-order valence-corrected chi connectivity index (χ4v) is 4.59. The fourth-order valence-electron chi connectivity index (χ4n) is 4.59. The third-order valence-corrected chi connectivity index (χ3v) is 6.12. The molecule has 0 aromatic heterocycles. The Hall–Kier alpha value is -1.30. The number of piperidine rings is 1. The first-order chi connectivity index (χ1) is 11.6. The van der Waals surface area contributed by atoms with Crippen molar-refractivity contribution >= 4 is 11.9 Å². The summed E-state index contributed by atoms with van der Waals surface area (Å²) >= 11 is 0.